The Kier molecular flexibility index (Phi) is 2.87. The average Bonchev–Trinajstić information content (AvgIpc) is 3.05. The maximum atomic E-state index is 12.4. The van der Waals surface area contributed by atoms with Gasteiger partial charge in [0.2, 0.25) is 5.78 Å². The summed E-state index contributed by atoms with van der Waals surface area (Å²) in [4.78, 5) is 19.5. The lowest BCUT2D eigenvalue weighted by Crippen LogP contribution is -1.98. The van der Waals surface area contributed by atoms with Crippen LogP contribution in [0.15, 0.2) is 35.0 Å². The van der Waals surface area contributed by atoms with Gasteiger partial charge in [-0.05, 0) is 18.2 Å². The van der Waals surface area contributed by atoms with Crippen LogP contribution in [0.25, 0.3) is 11.0 Å². The summed E-state index contributed by atoms with van der Waals surface area (Å²) in [7, 11) is 0. The Morgan fingerprint density at radius 3 is 3.00 bits per heavy atom. The van der Waals surface area contributed by atoms with Gasteiger partial charge in [0.1, 0.15) is 11.4 Å². The molecule has 19 heavy (non-hydrogen) atoms. The highest BCUT2D eigenvalue weighted by molar-refractivity contribution is 6.37. The van der Waals surface area contributed by atoms with Crippen LogP contribution in [0.2, 0.25) is 5.02 Å². The van der Waals surface area contributed by atoms with E-state index in [1.165, 1.54) is 0 Å². The number of fused-ring (bicyclic) bond motifs is 1. The Labute approximate surface area is 114 Å². The molecule has 0 amide bonds. The molecule has 0 aliphatic heterocycles. The summed E-state index contributed by atoms with van der Waals surface area (Å²) < 4.78 is 5.48. The van der Waals surface area contributed by atoms with E-state index in [2.05, 4.69) is 9.97 Å². The highest BCUT2D eigenvalue weighted by atomic mass is 35.5. The minimum Gasteiger partial charge on any atom is -0.458 e. The molecule has 0 fully saturated rings. The zero-order valence-electron chi connectivity index (χ0n) is 10.2. The highest BCUT2D eigenvalue weighted by Gasteiger charge is 2.19. The van der Waals surface area contributed by atoms with Gasteiger partial charge in [-0.2, -0.15) is 0 Å². The molecule has 0 atom stereocenters. The molecule has 3 aromatic rings. The van der Waals surface area contributed by atoms with Crippen LogP contribution in [0.3, 0.4) is 0 Å². The van der Waals surface area contributed by atoms with Crippen molar-refractivity contribution in [2.45, 2.75) is 13.3 Å². The molecular weight excluding hydrogens is 264 g/mol. The molecule has 0 aliphatic rings. The topological polar surface area (TPSA) is 58.9 Å². The number of hydrogen-bond acceptors (Lipinski definition) is 3. The predicted molar refractivity (Wildman–Crippen MR) is 72.6 cm³/mol. The fourth-order valence-electron chi connectivity index (χ4n) is 2.02. The van der Waals surface area contributed by atoms with Crippen molar-refractivity contribution in [2.24, 2.45) is 0 Å². The molecule has 0 saturated carbocycles. The van der Waals surface area contributed by atoms with Gasteiger partial charge in [0.05, 0.1) is 10.6 Å². The lowest BCUT2D eigenvalue weighted by molar-refractivity contribution is 0.101. The zero-order valence-corrected chi connectivity index (χ0v) is 11.0. The normalized spacial score (nSPS) is 11.1. The average molecular weight is 275 g/mol. The molecule has 1 N–H and O–H groups in total. The molecule has 0 unspecified atom stereocenters. The Morgan fingerprint density at radius 2 is 2.26 bits per heavy atom. The maximum Gasteiger partial charge on any atom is 0.230 e. The van der Waals surface area contributed by atoms with Crippen LogP contribution in [-0.4, -0.2) is 15.8 Å². The van der Waals surface area contributed by atoms with Crippen molar-refractivity contribution < 1.29 is 9.21 Å². The first-order chi connectivity index (χ1) is 9.20. The zero-order chi connectivity index (χ0) is 13.4. The van der Waals surface area contributed by atoms with Crippen molar-refractivity contribution in [1.82, 2.24) is 9.97 Å². The standard InChI is InChI=1S/C14H11ClN2O2/c1-2-8-3-4-11(19-8)13(18)9-7-17-14-12(9)10(15)5-6-16-14/h3-7H,2H2,1H3,(H,16,17). The monoisotopic (exact) mass is 274 g/mol. The lowest BCUT2D eigenvalue weighted by Gasteiger charge is -1.97. The van der Waals surface area contributed by atoms with Crippen LogP contribution < -0.4 is 0 Å². The summed E-state index contributed by atoms with van der Waals surface area (Å²) in [5.41, 5.74) is 1.07. The van der Waals surface area contributed by atoms with E-state index in [4.69, 9.17) is 16.0 Å². The molecule has 0 radical (unpaired) electrons. The van der Waals surface area contributed by atoms with Crippen LogP contribution in [0.1, 0.15) is 28.8 Å². The number of furan rings is 1. The number of nitrogens with zero attached hydrogens (tertiary/aromatic N) is 1. The van der Waals surface area contributed by atoms with Gasteiger partial charge in [0, 0.05) is 24.2 Å². The van der Waals surface area contributed by atoms with Gasteiger partial charge < -0.3 is 9.40 Å². The Hall–Kier alpha value is -2.07. The molecule has 0 aromatic carbocycles. The number of aromatic amines is 1. The van der Waals surface area contributed by atoms with Gasteiger partial charge in [-0.3, -0.25) is 4.79 Å². The van der Waals surface area contributed by atoms with Crippen LogP contribution >= 0.6 is 11.6 Å². The number of carbonyl (C=O) groups excluding carboxylic acids is 1. The summed E-state index contributed by atoms with van der Waals surface area (Å²) in [5, 5.41) is 1.13. The molecule has 5 heteroatoms. The molecule has 3 rings (SSSR count). The van der Waals surface area contributed by atoms with Crippen LogP contribution in [0, 0.1) is 0 Å². The summed E-state index contributed by atoms with van der Waals surface area (Å²) in [6, 6.07) is 5.15. The van der Waals surface area contributed by atoms with E-state index in [0.717, 1.165) is 12.2 Å². The first-order valence-corrected chi connectivity index (χ1v) is 6.33. The van der Waals surface area contributed by atoms with Gasteiger partial charge >= 0.3 is 0 Å². The SMILES string of the molecule is CCc1ccc(C(=O)c2c[nH]c3nccc(Cl)c23)o1. The second-order valence-electron chi connectivity index (χ2n) is 4.17. The number of ketones is 1. The van der Waals surface area contributed by atoms with E-state index >= 15 is 0 Å². The van der Waals surface area contributed by atoms with E-state index in [1.807, 2.05) is 13.0 Å². The smallest absolute Gasteiger partial charge is 0.230 e. The minimum absolute atomic E-state index is 0.194. The van der Waals surface area contributed by atoms with Crippen molar-refractivity contribution in [3.05, 3.63) is 52.7 Å². The number of H-pyrrole nitrogens is 1. The van der Waals surface area contributed by atoms with Gasteiger partial charge in [-0.25, -0.2) is 4.98 Å². The fourth-order valence-corrected chi connectivity index (χ4v) is 2.27. The van der Waals surface area contributed by atoms with E-state index in [0.29, 0.717) is 27.4 Å². The number of aromatic nitrogens is 2. The predicted octanol–water partition coefficient (Wildman–Crippen LogP) is 3.60. The molecular formula is C14H11ClN2O2. The molecule has 3 heterocycles. The summed E-state index contributed by atoms with van der Waals surface area (Å²) in [6.45, 7) is 1.97. The quantitative estimate of drug-likeness (QED) is 0.742. The number of halogens is 1. The second kappa shape index (κ2) is 4.55. The fraction of sp³-hybridized carbons (Fsp3) is 0.143. The van der Waals surface area contributed by atoms with Crippen LogP contribution in [0.4, 0.5) is 0 Å². The van der Waals surface area contributed by atoms with Crippen LogP contribution in [-0.2, 0) is 6.42 Å². The van der Waals surface area contributed by atoms with Crippen LogP contribution in [0.5, 0.6) is 0 Å². The van der Waals surface area contributed by atoms with E-state index in [9.17, 15) is 4.79 Å². The molecule has 0 bridgehead atoms. The number of nitrogens with one attached hydrogen (secondary N) is 1. The number of carbonyl (C=O) groups is 1. The molecule has 3 aromatic heterocycles. The highest BCUT2D eigenvalue weighted by Crippen LogP contribution is 2.27. The van der Waals surface area contributed by atoms with E-state index in [-0.39, 0.29) is 5.78 Å². The Morgan fingerprint density at radius 1 is 1.42 bits per heavy atom. The van der Waals surface area contributed by atoms with Crippen molar-refractivity contribution >= 4 is 28.4 Å². The summed E-state index contributed by atoms with van der Waals surface area (Å²) in [6.07, 6.45) is 3.96. The summed E-state index contributed by atoms with van der Waals surface area (Å²) in [5.74, 6) is 0.908. The first-order valence-electron chi connectivity index (χ1n) is 5.95. The summed E-state index contributed by atoms with van der Waals surface area (Å²) >= 11 is 6.12. The number of hydrogen-bond donors (Lipinski definition) is 1. The third-order valence-electron chi connectivity index (χ3n) is 3.00. The van der Waals surface area contributed by atoms with Crippen molar-refractivity contribution in [3.63, 3.8) is 0 Å². The lowest BCUT2D eigenvalue weighted by atomic mass is 10.1. The molecule has 96 valence electrons. The molecule has 0 aliphatic carbocycles. The van der Waals surface area contributed by atoms with Gasteiger partial charge in [0.15, 0.2) is 5.76 Å². The number of pyridine rings is 1. The Balaban J connectivity index is 2.11. The van der Waals surface area contributed by atoms with E-state index in [1.54, 1.807) is 24.5 Å². The number of rotatable bonds is 3. The first kappa shape index (κ1) is 12.0. The third-order valence-corrected chi connectivity index (χ3v) is 3.32. The van der Waals surface area contributed by atoms with Crippen molar-refractivity contribution in [2.75, 3.05) is 0 Å². The maximum absolute atomic E-state index is 12.4. The Bertz CT molecular complexity index is 758. The second-order valence-corrected chi connectivity index (χ2v) is 4.57. The molecule has 4 nitrogen and oxygen atoms in total. The molecule has 0 spiro atoms. The largest absolute Gasteiger partial charge is 0.458 e. The van der Waals surface area contributed by atoms with E-state index < -0.39 is 0 Å². The third kappa shape index (κ3) is 1.94. The van der Waals surface area contributed by atoms with Crippen molar-refractivity contribution in [1.29, 1.82) is 0 Å². The van der Waals surface area contributed by atoms with Gasteiger partial charge in [-0.15, -0.1) is 0 Å². The molecule has 0 saturated heterocycles. The van der Waals surface area contributed by atoms with Gasteiger partial charge in [-0.1, -0.05) is 18.5 Å². The van der Waals surface area contributed by atoms with Crippen molar-refractivity contribution in [3.8, 4) is 0 Å². The minimum atomic E-state index is -0.194. The van der Waals surface area contributed by atoms with Gasteiger partial charge in [0.25, 0.3) is 0 Å². The number of aryl methyl sites for hydroxylation is 1.